The Morgan fingerprint density at radius 1 is 0.271 bits per heavy atom. The lowest BCUT2D eigenvalue weighted by atomic mass is 9.90. The number of benzene rings is 9. The maximum atomic E-state index is 6.66. The first-order chi connectivity index (χ1) is 29.2. The first kappa shape index (κ1) is 34.4. The van der Waals surface area contributed by atoms with Crippen LogP contribution in [-0.4, -0.2) is 9.97 Å². The van der Waals surface area contributed by atoms with Crippen molar-refractivity contribution in [2.45, 2.75) is 0 Å². The van der Waals surface area contributed by atoms with Gasteiger partial charge in [-0.2, -0.15) is 0 Å². The standard InChI is InChI=1S/C56H36N2O/c1-4-15-38(16-5-1)45-23-10-11-24-46(45)49-35-51-50-34-44(31-32-54(50)59-55(51)48-26-13-12-25-47(48)49)43-22-14-21-42(33-43)37-27-29-40(30-28-37)53-36-52(39-17-6-2-7-18-39)57-56(58-53)41-19-8-3-9-20-41/h1-36H. The summed E-state index contributed by atoms with van der Waals surface area (Å²) in [5.74, 6) is 0.711. The molecule has 9 aromatic carbocycles. The Morgan fingerprint density at radius 2 is 0.780 bits per heavy atom. The van der Waals surface area contributed by atoms with Crippen LogP contribution in [0.15, 0.2) is 223 Å². The molecule has 0 atom stereocenters. The number of aromatic nitrogens is 2. The molecular formula is C56H36N2O. The van der Waals surface area contributed by atoms with Gasteiger partial charge in [0.25, 0.3) is 0 Å². The van der Waals surface area contributed by atoms with Crippen molar-refractivity contribution in [1.29, 1.82) is 0 Å². The van der Waals surface area contributed by atoms with Crippen LogP contribution in [-0.2, 0) is 0 Å². The number of furan rings is 1. The third-order valence-corrected chi connectivity index (χ3v) is 11.3. The minimum absolute atomic E-state index is 0.711. The van der Waals surface area contributed by atoms with Crippen molar-refractivity contribution < 1.29 is 4.42 Å². The van der Waals surface area contributed by atoms with Crippen LogP contribution in [0.25, 0.3) is 111 Å². The first-order valence-electron chi connectivity index (χ1n) is 20.0. The lowest BCUT2D eigenvalue weighted by Crippen LogP contribution is -1.95. The van der Waals surface area contributed by atoms with Crippen molar-refractivity contribution in [3.05, 3.63) is 218 Å². The van der Waals surface area contributed by atoms with Gasteiger partial charge in [0.15, 0.2) is 5.82 Å². The van der Waals surface area contributed by atoms with Crippen LogP contribution in [0.5, 0.6) is 0 Å². The van der Waals surface area contributed by atoms with E-state index in [2.05, 4.69) is 182 Å². The van der Waals surface area contributed by atoms with Gasteiger partial charge in [-0.25, -0.2) is 9.97 Å². The zero-order valence-electron chi connectivity index (χ0n) is 32.1. The Balaban J connectivity index is 0.970. The molecule has 3 nitrogen and oxygen atoms in total. The second-order valence-electron chi connectivity index (χ2n) is 14.9. The molecule has 3 heteroatoms. The summed E-state index contributed by atoms with van der Waals surface area (Å²) in [5, 5.41) is 4.50. The van der Waals surface area contributed by atoms with Crippen molar-refractivity contribution in [3.63, 3.8) is 0 Å². The van der Waals surface area contributed by atoms with E-state index in [1.807, 2.05) is 36.4 Å². The van der Waals surface area contributed by atoms with Gasteiger partial charge in [-0.15, -0.1) is 0 Å². The van der Waals surface area contributed by atoms with E-state index in [0.717, 1.165) is 77.7 Å². The van der Waals surface area contributed by atoms with Gasteiger partial charge < -0.3 is 4.42 Å². The molecule has 2 heterocycles. The van der Waals surface area contributed by atoms with Gasteiger partial charge in [0.2, 0.25) is 0 Å². The largest absolute Gasteiger partial charge is 0.455 e. The van der Waals surface area contributed by atoms with Crippen LogP contribution in [0, 0.1) is 0 Å². The van der Waals surface area contributed by atoms with E-state index in [0.29, 0.717) is 5.82 Å². The van der Waals surface area contributed by atoms with Crippen LogP contribution < -0.4 is 0 Å². The molecule has 0 saturated heterocycles. The lowest BCUT2D eigenvalue weighted by molar-refractivity contribution is 0.673. The van der Waals surface area contributed by atoms with Crippen LogP contribution in [0.2, 0.25) is 0 Å². The number of hydrogen-bond acceptors (Lipinski definition) is 3. The third kappa shape index (κ3) is 6.36. The van der Waals surface area contributed by atoms with Crippen LogP contribution in [0.3, 0.4) is 0 Å². The topological polar surface area (TPSA) is 38.9 Å². The number of nitrogens with zero attached hydrogens (tertiary/aromatic N) is 2. The Hall–Kier alpha value is -7.88. The summed E-state index contributed by atoms with van der Waals surface area (Å²) in [4.78, 5) is 10.0. The fraction of sp³-hybridized carbons (Fsp3) is 0. The molecule has 0 saturated carbocycles. The minimum Gasteiger partial charge on any atom is -0.455 e. The summed E-state index contributed by atoms with van der Waals surface area (Å²) in [6.07, 6.45) is 0. The molecule has 0 aliphatic carbocycles. The molecular weight excluding hydrogens is 717 g/mol. The van der Waals surface area contributed by atoms with Gasteiger partial charge >= 0.3 is 0 Å². The molecule has 0 aliphatic heterocycles. The highest BCUT2D eigenvalue weighted by molar-refractivity contribution is 6.20. The smallest absolute Gasteiger partial charge is 0.160 e. The second kappa shape index (κ2) is 14.6. The van der Waals surface area contributed by atoms with Gasteiger partial charge in [-0.3, -0.25) is 0 Å². The number of rotatable bonds is 7. The molecule has 11 aromatic rings. The second-order valence-corrected chi connectivity index (χ2v) is 14.9. The van der Waals surface area contributed by atoms with E-state index >= 15 is 0 Å². The van der Waals surface area contributed by atoms with Crippen molar-refractivity contribution in [2.24, 2.45) is 0 Å². The van der Waals surface area contributed by atoms with Crippen LogP contribution in [0.4, 0.5) is 0 Å². The molecule has 59 heavy (non-hydrogen) atoms. The average molecular weight is 753 g/mol. The summed E-state index contributed by atoms with van der Waals surface area (Å²) in [6.45, 7) is 0. The third-order valence-electron chi connectivity index (χ3n) is 11.3. The fourth-order valence-electron chi connectivity index (χ4n) is 8.37. The maximum absolute atomic E-state index is 6.66. The molecule has 0 aliphatic rings. The van der Waals surface area contributed by atoms with Crippen LogP contribution >= 0.6 is 0 Å². The van der Waals surface area contributed by atoms with Crippen molar-refractivity contribution in [3.8, 4) is 78.4 Å². The molecule has 0 spiro atoms. The van der Waals surface area contributed by atoms with E-state index in [-0.39, 0.29) is 0 Å². The average Bonchev–Trinajstić information content (AvgIpc) is 3.70. The molecule has 0 bridgehead atoms. The van der Waals surface area contributed by atoms with E-state index in [1.54, 1.807) is 0 Å². The summed E-state index contributed by atoms with van der Waals surface area (Å²) >= 11 is 0. The molecule has 2 aromatic heterocycles. The Kier molecular flexibility index (Phi) is 8.49. The monoisotopic (exact) mass is 752 g/mol. The van der Waals surface area contributed by atoms with Gasteiger partial charge in [0.05, 0.1) is 11.4 Å². The molecule has 0 N–H and O–H groups in total. The quantitative estimate of drug-likeness (QED) is 0.163. The summed E-state index contributed by atoms with van der Waals surface area (Å²) in [5.41, 5.74) is 16.0. The summed E-state index contributed by atoms with van der Waals surface area (Å²) < 4.78 is 6.66. The van der Waals surface area contributed by atoms with Gasteiger partial charge in [-0.05, 0) is 80.2 Å². The Labute approximate surface area is 342 Å². The van der Waals surface area contributed by atoms with Gasteiger partial charge in [0, 0.05) is 32.8 Å². The fourth-order valence-corrected chi connectivity index (χ4v) is 8.37. The van der Waals surface area contributed by atoms with E-state index < -0.39 is 0 Å². The summed E-state index contributed by atoms with van der Waals surface area (Å²) in [7, 11) is 0. The maximum Gasteiger partial charge on any atom is 0.160 e. The molecule has 11 rings (SSSR count). The van der Waals surface area contributed by atoms with Crippen LogP contribution in [0.1, 0.15) is 0 Å². The Morgan fingerprint density at radius 3 is 1.49 bits per heavy atom. The van der Waals surface area contributed by atoms with Crippen molar-refractivity contribution in [2.75, 3.05) is 0 Å². The number of fused-ring (bicyclic) bond motifs is 5. The molecule has 0 radical (unpaired) electrons. The Bertz CT molecular complexity index is 3240. The highest BCUT2D eigenvalue weighted by Gasteiger charge is 2.18. The first-order valence-corrected chi connectivity index (χ1v) is 20.0. The van der Waals surface area contributed by atoms with E-state index in [4.69, 9.17) is 14.4 Å². The van der Waals surface area contributed by atoms with Crippen molar-refractivity contribution in [1.82, 2.24) is 9.97 Å². The van der Waals surface area contributed by atoms with Crippen molar-refractivity contribution >= 4 is 32.7 Å². The molecule has 0 amide bonds. The number of hydrogen-bond donors (Lipinski definition) is 0. The van der Waals surface area contributed by atoms with Gasteiger partial charge in [0.1, 0.15) is 11.2 Å². The highest BCUT2D eigenvalue weighted by atomic mass is 16.3. The minimum atomic E-state index is 0.711. The highest BCUT2D eigenvalue weighted by Crippen LogP contribution is 2.43. The van der Waals surface area contributed by atoms with E-state index in [1.165, 1.54) is 27.6 Å². The predicted molar refractivity (Wildman–Crippen MR) is 245 cm³/mol. The zero-order valence-corrected chi connectivity index (χ0v) is 32.1. The van der Waals surface area contributed by atoms with E-state index in [9.17, 15) is 0 Å². The van der Waals surface area contributed by atoms with Gasteiger partial charge in [-0.1, -0.05) is 188 Å². The molecule has 276 valence electrons. The molecule has 0 fully saturated rings. The zero-order chi connectivity index (χ0) is 39.1. The predicted octanol–water partition coefficient (Wildman–Crippen LogP) is 15.2. The normalized spacial score (nSPS) is 11.4. The lowest BCUT2D eigenvalue weighted by Gasteiger charge is -2.13. The molecule has 0 unspecified atom stereocenters. The summed E-state index contributed by atoms with van der Waals surface area (Å²) in [6, 6.07) is 76.9. The SMILES string of the molecule is c1ccc(-c2cc(-c3ccc(-c4cccc(-c5ccc6oc7c8ccccc8c(-c8ccccc8-c8ccccc8)cc7c6c5)c4)cc3)nc(-c3ccccc3)n2)cc1.